The van der Waals surface area contributed by atoms with Crippen LogP contribution in [-0.4, -0.2) is 23.5 Å². The van der Waals surface area contributed by atoms with Crippen LogP contribution in [0.25, 0.3) is 0 Å². The SMILES string of the molecule is CCCC(=O)N1CCc2cc(CCCC(=O)O)ccc21. The maximum Gasteiger partial charge on any atom is 0.303 e. The summed E-state index contributed by atoms with van der Waals surface area (Å²) in [5.41, 5.74) is 3.41. The fourth-order valence-corrected chi connectivity index (χ4v) is 2.66. The van der Waals surface area contributed by atoms with Crippen molar-refractivity contribution < 1.29 is 14.7 Å². The van der Waals surface area contributed by atoms with Crippen molar-refractivity contribution in [3.63, 3.8) is 0 Å². The standard InChI is InChI=1S/C16H21NO3/c1-2-4-15(18)17-10-9-13-11-12(7-8-14(13)17)5-3-6-16(19)20/h7-8,11H,2-6,9-10H2,1H3,(H,19,20). The Morgan fingerprint density at radius 2 is 2.10 bits per heavy atom. The Kier molecular flexibility index (Phi) is 4.77. The van der Waals surface area contributed by atoms with Gasteiger partial charge in [-0.05, 0) is 42.9 Å². The van der Waals surface area contributed by atoms with Gasteiger partial charge in [-0.1, -0.05) is 19.1 Å². The van der Waals surface area contributed by atoms with Crippen LogP contribution >= 0.6 is 0 Å². The van der Waals surface area contributed by atoms with Crippen molar-refractivity contribution in [1.29, 1.82) is 0 Å². The molecular formula is C16H21NO3. The Balaban J connectivity index is 2.02. The fraction of sp³-hybridized carbons (Fsp3) is 0.500. The highest BCUT2D eigenvalue weighted by atomic mass is 16.4. The first kappa shape index (κ1) is 14.6. The van der Waals surface area contributed by atoms with Gasteiger partial charge in [0.25, 0.3) is 0 Å². The Labute approximate surface area is 119 Å². The number of nitrogens with zero attached hydrogens (tertiary/aromatic N) is 1. The van der Waals surface area contributed by atoms with Crippen molar-refractivity contribution in [1.82, 2.24) is 0 Å². The van der Waals surface area contributed by atoms with Gasteiger partial charge >= 0.3 is 5.97 Å². The third-order valence-electron chi connectivity index (χ3n) is 3.66. The molecule has 0 fully saturated rings. The van der Waals surface area contributed by atoms with Gasteiger partial charge in [0.1, 0.15) is 0 Å². The van der Waals surface area contributed by atoms with E-state index < -0.39 is 5.97 Å². The van der Waals surface area contributed by atoms with E-state index in [2.05, 4.69) is 6.07 Å². The fourth-order valence-electron chi connectivity index (χ4n) is 2.66. The summed E-state index contributed by atoms with van der Waals surface area (Å²) in [7, 11) is 0. The minimum atomic E-state index is -0.748. The van der Waals surface area contributed by atoms with E-state index in [-0.39, 0.29) is 12.3 Å². The molecule has 0 aromatic heterocycles. The van der Waals surface area contributed by atoms with Crippen LogP contribution in [0, 0.1) is 0 Å². The molecule has 4 nitrogen and oxygen atoms in total. The number of hydrogen-bond donors (Lipinski definition) is 1. The summed E-state index contributed by atoms with van der Waals surface area (Å²) in [6.07, 6.45) is 4.02. The molecule has 0 radical (unpaired) electrons. The number of amides is 1. The van der Waals surface area contributed by atoms with E-state index in [4.69, 9.17) is 5.11 Å². The summed E-state index contributed by atoms with van der Waals surface area (Å²) < 4.78 is 0. The van der Waals surface area contributed by atoms with E-state index in [1.165, 1.54) is 5.56 Å². The molecule has 0 unspecified atom stereocenters. The van der Waals surface area contributed by atoms with Crippen LogP contribution in [0.4, 0.5) is 5.69 Å². The van der Waals surface area contributed by atoms with Crippen LogP contribution in [-0.2, 0) is 22.4 Å². The zero-order chi connectivity index (χ0) is 14.5. The number of carboxylic acid groups (broad SMARTS) is 1. The quantitative estimate of drug-likeness (QED) is 0.868. The highest BCUT2D eigenvalue weighted by Gasteiger charge is 2.23. The lowest BCUT2D eigenvalue weighted by Crippen LogP contribution is -2.28. The van der Waals surface area contributed by atoms with Crippen LogP contribution in [0.2, 0.25) is 0 Å². The Morgan fingerprint density at radius 3 is 2.80 bits per heavy atom. The molecule has 108 valence electrons. The van der Waals surface area contributed by atoms with Gasteiger partial charge in [-0.2, -0.15) is 0 Å². The van der Waals surface area contributed by atoms with Gasteiger partial charge in [-0.3, -0.25) is 9.59 Å². The minimum Gasteiger partial charge on any atom is -0.481 e. The summed E-state index contributed by atoms with van der Waals surface area (Å²) in [6.45, 7) is 2.78. The summed E-state index contributed by atoms with van der Waals surface area (Å²) in [5, 5.41) is 8.65. The molecule has 0 saturated carbocycles. The average molecular weight is 275 g/mol. The van der Waals surface area contributed by atoms with E-state index in [9.17, 15) is 9.59 Å². The third kappa shape index (κ3) is 3.38. The number of carbonyl (C=O) groups excluding carboxylic acids is 1. The van der Waals surface area contributed by atoms with E-state index in [0.29, 0.717) is 12.8 Å². The second kappa shape index (κ2) is 6.55. The van der Waals surface area contributed by atoms with E-state index in [0.717, 1.165) is 37.1 Å². The van der Waals surface area contributed by atoms with Gasteiger partial charge < -0.3 is 10.0 Å². The highest BCUT2D eigenvalue weighted by molar-refractivity contribution is 5.95. The number of anilines is 1. The van der Waals surface area contributed by atoms with Gasteiger partial charge in [0.2, 0.25) is 5.91 Å². The van der Waals surface area contributed by atoms with Crippen LogP contribution < -0.4 is 4.90 Å². The highest BCUT2D eigenvalue weighted by Crippen LogP contribution is 2.30. The van der Waals surface area contributed by atoms with Gasteiger partial charge in [-0.15, -0.1) is 0 Å². The summed E-state index contributed by atoms with van der Waals surface area (Å²) in [5.74, 6) is -0.549. The van der Waals surface area contributed by atoms with Crippen molar-refractivity contribution in [3.8, 4) is 0 Å². The Morgan fingerprint density at radius 1 is 1.30 bits per heavy atom. The lowest BCUT2D eigenvalue weighted by atomic mass is 10.0. The van der Waals surface area contributed by atoms with Crippen LogP contribution in [0.1, 0.15) is 43.7 Å². The van der Waals surface area contributed by atoms with Crippen molar-refractivity contribution in [3.05, 3.63) is 29.3 Å². The first-order valence-corrected chi connectivity index (χ1v) is 7.25. The van der Waals surface area contributed by atoms with Crippen molar-refractivity contribution in [2.45, 2.75) is 45.4 Å². The second-order valence-corrected chi connectivity index (χ2v) is 5.26. The Hall–Kier alpha value is -1.84. The molecule has 20 heavy (non-hydrogen) atoms. The van der Waals surface area contributed by atoms with Crippen molar-refractivity contribution in [2.75, 3.05) is 11.4 Å². The lowest BCUT2D eigenvalue weighted by molar-refractivity contribution is -0.137. The summed E-state index contributed by atoms with van der Waals surface area (Å²) in [4.78, 5) is 24.4. The first-order valence-electron chi connectivity index (χ1n) is 7.25. The zero-order valence-electron chi connectivity index (χ0n) is 11.9. The number of fused-ring (bicyclic) bond motifs is 1. The van der Waals surface area contributed by atoms with E-state index in [1.807, 2.05) is 24.0 Å². The zero-order valence-corrected chi connectivity index (χ0v) is 11.9. The van der Waals surface area contributed by atoms with Gasteiger partial charge in [0.15, 0.2) is 0 Å². The van der Waals surface area contributed by atoms with Crippen LogP contribution in [0.5, 0.6) is 0 Å². The predicted octanol–water partition coefficient (Wildman–Crippen LogP) is 2.78. The summed E-state index contributed by atoms with van der Waals surface area (Å²) in [6, 6.07) is 6.14. The molecule has 0 bridgehead atoms. The predicted molar refractivity (Wildman–Crippen MR) is 78.0 cm³/mol. The molecule has 1 aromatic carbocycles. The van der Waals surface area contributed by atoms with Gasteiger partial charge in [0, 0.05) is 25.1 Å². The minimum absolute atomic E-state index is 0.199. The molecule has 1 heterocycles. The largest absolute Gasteiger partial charge is 0.481 e. The molecular weight excluding hydrogens is 254 g/mol. The summed E-state index contributed by atoms with van der Waals surface area (Å²) >= 11 is 0. The number of carboxylic acids is 1. The maximum atomic E-state index is 12.0. The molecule has 4 heteroatoms. The lowest BCUT2D eigenvalue weighted by Gasteiger charge is -2.17. The van der Waals surface area contributed by atoms with E-state index >= 15 is 0 Å². The van der Waals surface area contributed by atoms with Gasteiger partial charge in [-0.25, -0.2) is 0 Å². The number of aryl methyl sites for hydroxylation is 1. The normalized spacial score (nSPS) is 13.3. The monoisotopic (exact) mass is 275 g/mol. The number of benzene rings is 1. The third-order valence-corrected chi connectivity index (χ3v) is 3.66. The molecule has 1 aliphatic rings. The first-order chi connectivity index (χ1) is 9.61. The molecule has 0 spiro atoms. The molecule has 1 aliphatic heterocycles. The topological polar surface area (TPSA) is 57.6 Å². The number of rotatable bonds is 6. The van der Waals surface area contributed by atoms with E-state index in [1.54, 1.807) is 0 Å². The van der Waals surface area contributed by atoms with Crippen molar-refractivity contribution >= 4 is 17.6 Å². The number of carbonyl (C=O) groups is 2. The van der Waals surface area contributed by atoms with Crippen molar-refractivity contribution in [2.24, 2.45) is 0 Å². The van der Waals surface area contributed by atoms with Crippen LogP contribution in [0.15, 0.2) is 18.2 Å². The smallest absolute Gasteiger partial charge is 0.303 e. The second-order valence-electron chi connectivity index (χ2n) is 5.26. The average Bonchev–Trinajstić information content (AvgIpc) is 2.81. The molecule has 1 aromatic rings. The maximum absolute atomic E-state index is 12.0. The molecule has 1 amide bonds. The molecule has 0 aliphatic carbocycles. The molecule has 1 N–H and O–H groups in total. The van der Waals surface area contributed by atoms with Crippen LogP contribution in [0.3, 0.4) is 0 Å². The van der Waals surface area contributed by atoms with Gasteiger partial charge in [0.05, 0.1) is 0 Å². The molecule has 2 rings (SSSR count). The number of hydrogen-bond acceptors (Lipinski definition) is 2. The number of aliphatic carboxylic acids is 1. The Bertz CT molecular complexity index is 510. The molecule has 0 saturated heterocycles. The molecule has 0 atom stereocenters.